The fraction of sp³-hybridized carbons (Fsp3) is 1.00. The van der Waals surface area contributed by atoms with Crippen molar-refractivity contribution < 1.29 is 1.37 Å². The highest BCUT2D eigenvalue weighted by atomic mass is 15.1. The van der Waals surface area contributed by atoms with E-state index >= 15 is 0 Å². The Labute approximate surface area is 53.1 Å². The number of hydrogen-bond donors (Lipinski definition) is 0. The minimum atomic E-state index is 0.0188. The Morgan fingerprint density at radius 1 is 1.38 bits per heavy atom. The Hall–Kier alpha value is -0.0400. The Bertz CT molecular complexity index is 77.0. The molecule has 0 aromatic rings. The smallest absolute Gasteiger partial charge is 0.0428 e. The SMILES string of the molecule is [2H]C(C)N1CCCCC1. The van der Waals surface area contributed by atoms with Crippen molar-refractivity contribution in [2.24, 2.45) is 0 Å². The summed E-state index contributed by atoms with van der Waals surface area (Å²) in [4.78, 5) is 2.23. The van der Waals surface area contributed by atoms with Crippen LogP contribution in [0.2, 0.25) is 0 Å². The average molecular weight is 114 g/mol. The number of piperidine rings is 1. The fourth-order valence-corrected chi connectivity index (χ4v) is 1.18. The van der Waals surface area contributed by atoms with Crippen LogP contribution in [-0.4, -0.2) is 24.5 Å². The summed E-state index contributed by atoms with van der Waals surface area (Å²) in [7, 11) is 0. The van der Waals surface area contributed by atoms with E-state index in [-0.39, 0.29) is 6.52 Å². The van der Waals surface area contributed by atoms with Crippen molar-refractivity contribution in [3.05, 3.63) is 0 Å². The summed E-state index contributed by atoms with van der Waals surface area (Å²) < 4.78 is 7.40. The first-order valence-electron chi connectivity index (χ1n) is 4.05. The second kappa shape index (κ2) is 3.08. The lowest BCUT2D eigenvalue weighted by molar-refractivity contribution is 0.240. The molecule has 1 aliphatic rings. The second-order valence-corrected chi connectivity index (χ2v) is 2.35. The Morgan fingerprint density at radius 2 is 2.00 bits per heavy atom. The first-order chi connectivity index (χ1) is 4.30. The fourth-order valence-electron chi connectivity index (χ4n) is 1.18. The van der Waals surface area contributed by atoms with Gasteiger partial charge in [0, 0.05) is 1.37 Å². The highest BCUT2D eigenvalue weighted by Crippen LogP contribution is 2.06. The van der Waals surface area contributed by atoms with Crippen LogP contribution in [0.5, 0.6) is 0 Å². The molecule has 0 N–H and O–H groups in total. The molecule has 0 aliphatic carbocycles. The minimum Gasteiger partial charge on any atom is -0.304 e. The van der Waals surface area contributed by atoms with Gasteiger partial charge >= 0.3 is 0 Å². The molecule has 1 aliphatic heterocycles. The third-order valence-corrected chi connectivity index (χ3v) is 1.76. The van der Waals surface area contributed by atoms with Gasteiger partial charge < -0.3 is 4.90 Å². The maximum Gasteiger partial charge on any atom is 0.0428 e. The van der Waals surface area contributed by atoms with E-state index in [2.05, 4.69) is 4.90 Å². The van der Waals surface area contributed by atoms with Crippen LogP contribution in [0.15, 0.2) is 0 Å². The van der Waals surface area contributed by atoms with E-state index in [9.17, 15) is 0 Å². The molecule has 0 bridgehead atoms. The average Bonchev–Trinajstić information content (AvgIpc) is 1.90. The van der Waals surface area contributed by atoms with E-state index in [1.165, 1.54) is 19.3 Å². The molecular formula is C7H15N. The molecule has 1 heterocycles. The lowest BCUT2D eigenvalue weighted by atomic mass is 10.1. The van der Waals surface area contributed by atoms with Crippen LogP contribution in [0.4, 0.5) is 0 Å². The van der Waals surface area contributed by atoms with Gasteiger partial charge in [-0.15, -0.1) is 0 Å². The quantitative estimate of drug-likeness (QED) is 0.499. The van der Waals surface area contributed by atoms with Crippen LogP contribution >= 0.6 is 0 Å². The van der Waals surface area contributed by atoms with Crippen molar-refractivity contribution >= 4 is 0 Å². The zero-order valence-corrected chi connectivity index (χ0v) is 5.56. The molecule has 1 saturated heterocycles. The van der Waals surface area contributed by atoms with Crippen LogP contribution < -0.4 is 0 Å². The summed E-state index contributed by atoms with van der Waals surface area (Å²) in [5, 5.41) is 0. The third kappa shape index (κ3) is 1.48. The topological polar surface area (TPSA) is 3.24 Å². The summed E-state index contributed by atoms with van der Waals surface area (Å²) in [6, 6.07) is 0. The summed E-state index contributed by atoms with van der Waals surface area (Å²) in [6.45, 7) is 4.26. The van der Waals surface area contributed by atoms with Gasteiger partial charge in [0.2, 0.25) is 0 Å². The lowest BCUT2D eigenvalue weighted by Crippen LogP contribution is -2.29. The molecule has 8 heavy (non-hydrogen) atoms. The van der Waals surface area contributed by atoms with Gasteiger partial charge in [0.25, 0.3) is 0 Å². The molecule has 0 aromatic carbocycles. The van der Waals surface area contributed by atoms with Crippen LogP contribution in [0.25, 0.3) is 0 Å². The van der Waals surface area contributed by atoms with Crippen molar-refractivity contribution in [2.75, 3.05) is 19.6 Å². The molecule has 0 spiro atoms. The minimum absolute atomic E-state index is 0.0188. The van der Waals surface area contributed by atoms with E-state index in [0.717, 1.165) is 13.1 Å². The molecule has 1 fully saturated rings. The van der Waals surface area contributed by atoms with Gasteiger partial charge in [-0.25, -0.2) is 0 Å². The highest BCUT2D eigenvalue weighted by molar-refractivity contribution is 4.61. The van der Waals surface area contributed by atoms with Crippen molar-refractivity contribution in [3.8, 4) is 0 Å². The summed E-state index contributed by atoms with van der Waals surface area (Å²) in [5.74, 6) is 0. The van der Waals surface area contributed by atoms with Crippen LogP contribution in [0, 0.1) is 0 Å². The Morgan fingerprint density at radius 3 is 2.38 bits per heavy atom. The van der Waals surface area contributed by atoms with E-state index < -0.39 is 0 Å². The molecule has 1 unspecified atom stereocenters. The molecule has 0 saturated carbocycles. The van der Waals surface area contributed by atoms with Gasteiger partial charge in [-0.05, 0) is 32.5 Å². The maximum absolute atomic E-state index is 7.40. The lowest BCUT2D eigenvalue weighted by Gasteiger charge is -2.24. The van der Waals surface area contributed by atoms with Gasteiger partial charge in [-0.3, -0.25) is 0 Å². The van der Waals surface area contributed by atoms with E-state index in [1.54, 1.807) is 0 Å². The van der Waals surface area contributed by atoms with Crippen LogP contribution in [0.3, 0.4) is 0 Å². The number of hydrogen-bond acceptors (Lipinski definition) is 1. The van der Waals surface area contributed by atoms with Gasteiger partial charge in [0.05, 0.1) is 0 Å². The zero-order valence-electron chi connectivity index (χ0n) is 6.56. The van der Waals surface area contributed by atoms with Crippen LogP contribution in [-0.2, 0) is 0 Å². The predicted octanol–water partition coefficient (Wildman–Crippen LogP) is 1.49. The largest absolute Gasteiger partial charge is 0.304 e. The van der Waals surface area contributed by atoms with E-state index in [4.69, 9.17) is 1.37 Å². The highest BCUT2D eigenvalue weighted by Gasteiger charge is 2.05. The van der Waals surface area contributed by atoms with Gasteiger partial charge in [0.15, 0.2) is 0 Å². The summed E-state index contributed by atoms with van der Waals surface area (Å²) >= 11 is 0. The Balaban J connectivity index is 2.23. The normalized spacial score (nSPS) is 29.4. The summed E-state index contributed by atoms with van der Waals surface area (Å²) in [6.07, 6.45) is 3.95. The molecule has 0 radical (unpaired) electrons. The van der Waals surface area contributed by atoms with Gasteiger partial charge in [-0.2, -0.15) is 0 Å². The molecule has 1 nitrogen and oxygen atoms in total. The molecule has 48 valence electrons. The molecule has 1 heteroatoms. The third-order valence-electron chi connectivity index (χ3n) is 1.76. The predicted molar refractivity (Wildman–Crippen MR) is 36.0 cm³/mol. The zero-order chi connectivity index (χ0) is 6.69. The van der Waals surface area contributed by atoms with E-state index in [1.807, 2.05) is 6.92 Å². The van der Waals surface area contributed by atoms with Crippen molar-refractivity contribution in [1.82, 2.24) is 4.90 Å². The first kappa shape index (κ1) is 4.80. The van der Waals surface area contributed by atoms with Gasteiger partial charge in [0.1, 0.15) is 0 Å². The first-order valence-corrected chi connectivity index (χ1v) is 3.47. The monoisotopic (exact) mass is 114 g/mol. The van der Waals surface area contributed by atoms with Crippen molar-refractivity contribution in [3.63, 3.8) is 0 Å². The number of nitrogens with zero attached hydrogens (tertiary/aromatic N) is 1. The van der Waals surface area contributed by atoms with Gasteiger partial charge in [-0.1, -0.05) is 13.3 Å². The molecule has 1 rings (SSSR count). The maximum atomic E-state index is 7.40. The van der Waals surface area contributed by atoms with E-state index in [0.29, 0.717) is 0 Å². The number of likely N-dealkylation sites (tertiary alicyclic amines) is 1. The van der Waals surface area contributed by atoms with Crippen molar-refractivity contribution in [2.45, 2.75) is 26.2 Å². The molecule has 1 atom stereocenters. The summed E-state index contributed by atoms with van der Waals surface area (Å²) in [5.41, 5.74) is 0. The van der Waals surface area contributed by atoms with Crippen LogP contribution in [0.1, 0.15) is 27.6 Å². The van der Waals surface area contributed by atoms with Crippen molar-refractivity contribution in [1.29, 1.82) is 0 Å². The Kier molecular flexibility index (Phi) is 1.85. The number of rotatable bonds is 1. The molecule has 0 aromatic heterocycles. The second-order valence-electron chi connectivity index (χ2n) is 2.35. The molecular weight excluding hydrogens is 98.1 g/mol. The standard InChI is InChI=1S/C7H15N/c1-2-8-6-4-3-5-7-8/h2-7H2,1H3/i2D. The molecule has 0 amide bonds.